The fourth-order valence-corrected chi connectivity index (χ4v) is 10.6. The van der Waals surface area contributed by atoms with Gasteiger partial charge in [-0.15, -0.1) is 0 Å². The van der Waals surface area contributed by atoms with Crippen molar-refractivity contribution in [1.82, 2.24) is 24.2 Å². The second-order valence-electron chi connectivity index (χ2n) is 18.5. The molecule has 374 valence electrons. The maximum atomic E-state index is 13.6. The Morgan fingerprint density at radius 2 is 1.48 bits per heavy atom. The quantitative estimate of drug-likeness (QED) is 0.0327. The number of carbonyl (C=O) groups excluding carboxylic acids is 2. The van der Waals surface area contributed by atoms with Gasteiger partial charge in [0.05, 0.1) is 52.4 Å². The molecule has 2 aromatic heterocycles. The van der Waals surface area contributed by atoms with Crippen LogP contribution < -0.4 is 14.8 Å². The summed E-state index contributed by atoms with van der Waals surface area (Å²) in [5.41, 5.74) is 3.73. The maximum absolute atomic E-state index is 13.6. The van der Waals surface area contributed by atoms with Gasteiger partial charge in [-0.2, -0.15) is 5.26 Å². The molecule has 0 spiro atoms. The van der Waals surface area contributed by atoms with E-state index in [1.807, 2.05) is 83.4 Å². The average molecular weight is 984 g/mol. The summed E-state index contributed by atoms with van der Waals surface area (Å²) in [7, 11) is 1.59. The number of ketones is 1. The van der Waals surface area contributed by atoms with Gasteiger partial charge in [-0.25, -0.2) is 19.6 Å². The van der Waals surface area contributed by atoms with Crippen LogP contribution in [0.2, 0.25) is 0 Å². The lowest BCUT2D eigenvalue weighted by Gasteiger charge is -2.39. The number of ether oxygens (including phenoxy) is 4. The van der Waals surface area contributed by atoms with Crippen molar-refractivity contribution in [3.63, 3.8) is 0 Å². The zero-order chi connectivity index (χ0) is 50.5. The predicted octanol–water partition coefficient (Wildman–Crippen LogP) is 11.0. The monoisotopic (exact) mass is 983 g/mol. The fraction of sp³-hybridized carbons (Fsp3) is 0.418. The first-order valence-corrected chi connectivity index (χ1v) is 25.5. The van der Waals surface area contributed by atoms with E-state index in [9.17, 15) is 14.9 Å². The number of aromatic nitrogens is 4. The second-order valence-corrected chi connectivity index (χ2v) is 19.9. The highest BCUT2D eigenvalue weighted by atomic mass is 31.2. The average Bonchev–Trinajstić information content (AvgIpc) is 4.00. The molecule has 1 aliphatic heterocycles. The predicted molar refractivity (Wildman–Crippen MR) is 274 cm³/mol. The zero-order valence-electron chi connectivity index (χ0n) is 42.0. The number of carbonyl (C=O) groups is 2. The Hall–Kier alpha value is -6.11. The zero-order valence-corrected chi connectivity index (χ0v) is 42.9. The van der Waals surface area contributed by atoms with Gasteiger partial charge in [-0.05, 0) is 105 Å². The van der Waals surface area contributed by atoms with E-state index in [0.29, 0.717) is 59.8 Å². The molecule has 0 radical (unpaired) electrons. The molecule has 15 nitrogen and oxygen atoms in total. The lowest BCUT2D eigenvalue weighted by Crippen LogP contribution is -2.39. The third-order valence-corrected chi connectivity index (χ3v) is 14.7. The van der Waals surface area contributed by atoms with Crippen LogP contribution in [0.25, 0.3) is 11.2 Å². The van der Waals surface area contributed by atoms with Crippen molar-refractivity contribution >= 4 is 37.2 Å². The minimum Gasteiger partial charge on any atom is -0.497 e. The lowest BCUT2D eigenvalue weighted by molar-refractivity contribution is -0.119. The van der Waals surface area contributed by atoms with Crippen LogP contribution in [0.3, 0.4) is 0 Å². The number of benzene rings is 4. The number of amides is 1. The topological polar surface area (TPSA) is 172 Å². The molecule has 1 N–H and O–H groups in total. The van der Waals surface area contributed by atoms with Crippen LogP contribution in [0.15, 0.2) is 116 Å². The molecule has 0 saturated carbocycles. The third-order valence-electron chi connectivity index (χ3n) is 12.5. The number of nitrogens with one attached hydrogen (secondary N) is 1. The smallest absolute Gasteiger partial charge is 0.259 e. The molecular weight excluding hydrogens is 918 g/mol. The third kappa shape index (κ3) is 12.9. The summed E-state index contributed by atoms with van der Waals surface area (Å²) in [4.78, 5) is 39.8. The van der Waals surface area contributed by atoms with Crippen molar-refractivity contribution in [1.29, 1.82) is 5.26 Å². The fourth-order valence-electron chi connectivity index (χ4n) is 8.84. The van der Waals surface area contributed by atoms with E-state index < -0.39 is 32.6 Å². The highest BCUT2D eigenvalue weighted by Crippen LogP contribution is 2.51. The highest BCUT2D eigenvalue weighted by molar-refractivity contribution is 7.44. The van der Waals surface area contributed by atoms with E-state index in [1.54, 1.807) is 32.7 Å². The molecular formula is C55H66N7O8P. The molecule has 1 saturated heterocycles. The number of Topliss-reactive ketones (excluding diaryl/α,β-unsaturated/α-hetero) is 1. The van der Waals surface area contributed by atoms with Crippen molar-refractivity contribution in [3.05, 3.63) is 144 Å². The van der Waals surface area contributed by atoms with Crippen LogP contribution in [0, 0.1) is 17.2 Å². The number of anilines is 1. The first-order chi connectivity index (χ1) is 34.3. The van der Waals surface area contributed by atoms with Gasteiger partial charge in [0.25, 0.3) is 14.4 Å². The van der Waals surface area contributed by atoms with Crippen LogP contribution >= 0.6 is 8.53 Å². The number of fused-ring (bicyclic) bond motifs is 1. The second kappa shape index (κ2) is 24.8. The molecule has 6 aromatic rings. The molecule has 0 bridgehead atoms. The van der Waals surface area contributed by atoms with E-state index in [-0.39, 0.29) is 49.2 Å². The van der Waals surface area contributed by atoms with Gasteiger partial charge in [0.1, 0.15) is 41.5 Å². The highest BCUT2D eigenvalue weighted by Gasteiger charge is 2.45. The number of methoxy groups -OCH3 is 2. The van der Waals surface area contributed by atoms with E-state index in [2.05, 4.69) is 79.7 Å². The summed E-state index contributed by atoms with van der Waals surface area (Å²) in [5, 5.41) is 12.4. The molecule has 16 heteroatoms. The van der Waals surface area contributed by atoms with Crippen LogP contribution in [0.4, 0.5) is 5.82 Å². The molecule has 4 atom stereocenters. The molecule has 3 heterocycles. The van der Waals surface area contributed by atoms with Crippen LogP contribution in [0.1, 0.15) is 112 Å². The summed E-state index contributed by atoms with van der Waals surface area (Å²) in [6.07, 6.45) is 4.27. The number of nitrogens with zero attached hydrogens (tertiary/aromatic N) is 6. The number of hydrogen-bond acceptors (Lipinski definition) is 13. The Labute approximate surface area is 418 Å². The molecule has 71 heavy (non-hydrogen) atoms. The Morgan fingerprint density at radius 1 is 0.845 bits per heavy atom. The summed E-state index contributed by atoms with van der Waals surface area (Å²) in [6.45, 7) is 12.9. The van der Waals surface area contributed by atoms with Crippen LogP contribution in [-0.2, 0) is 35.3 Å². The number of rotatable bonds is 25. The summed E-state index contributed by atoms with van der Waals surface area (Å²) in [5.74, 6) is 2.03. The van der Waals surface area contributed by atoms with Gasteiger partial charge >= 0.3 is 0 Å². The standard InChI is InChI=1S/C55H66N7O8P/c1-37(2)15-25-45(63)26-18-40-16-19-41(20-17-40)54(64)60-52-51-53(58-35-57-52)61(36-59-51)50-33-48(70-71(68-32-12-31-56)62(38(3)4)39(5)6)49(69-50)34-67-55(42-13-10-9-11-14-42,43-21-27-46(65-7)28-22-43)44-23-29-47(66-8)30-24-44/h9-11,13-14,16-17,19-24,27-30,35-39,48-50H,12,15,18,25-26,32-34H2,1-8H3,(H,57,58,60,64)/t48-,49+,50+,71?/m0/s1. The number of nitriles is 1. The van der Waals surface area contributed by atoms with Gasteiger partial charge in [0.2, 0.25) is 0 Å². The first-order valence-electron chi connectivity index (χ1n) is 24.3. The minimum absolute atomic E-state index is 0.0582. The maximum Gasteiger partial charge on any atom is 0.259 e. The van der Waals surface area contributed by atoms with E-state index in [0.717, 1.165) is 28.7 Å². The van der Waals surface area contributed by atoms with E-state index >= 15 is 0 Å². The number of hydrogen-bond donors (Lipinski definition) is 1. The SMILES string of the molecule is COc1ccc(C(OC[C@H]2O[C@@H](n3cnc4c(NC(=O)c5ccc(CCC(=O)CCC(C)C)cc5)ncnc43)C[C@@H]2OP(OCCC#N)N(C(C)C)C(C)C)(c2ccccc2)c2ccc(OC)cc2)cc1. The Bertz CT molecular complexity index is 2640. The Balaban J connectivity index is 1.20. The van der Waals surface area contributed by atoms with Gasteiger partial charge in [0, 0.05) is 36.9 Å². The van der Waals surface area contributed by atoms with E-state index in [1.165, 1.54) is 6.33 Å². The van der Waals surface area contributed by atoms with Gasteiger partial charge < -0.3 is 33.3 Å². The van der Waals surface area contributed by atoms with Gasteiger partial charge in [-0.3, -0.25) is 14.2 Å². The molecule has 1 amide bonds. The van der Waals surface area contributed by atoms with Gasteiger partial charge in [-0.1, -0.05) is 80.6 Å². The van der Waals surface area contributed by atoms with Crippen molar-refractivity contribution in [2.24, 2.45) is 5.92 Å². The lowest BCUT2D eigenvalue weighted by atomic mass is 9.80. The van der Waals surface area contributed by atoms with Crippen molar-refractivity contribution in [3.8, 4) is 17.6 Å². The first kappa shape index (κ1) is 52.7. The molecule has 0 aliphatic carbocycles. The van der Waals surface area contributed by atoms with Crippen molar-refractivity contribution in [2.45, 2.75) is 116 Å². The number of imidazole rings is 1. The molecule has 1 fully saturated rings. The minimum atomic E-state index is -1.69. The Morgan fingerprint density at radius 3 is 2.07 bits per heavy atom. The van der Waals surface area contributed by atoms with E-state index in [4.69, 9.17) is 33.0 Å². The number of aryl methyl sites for hydroxylation is 1. The Kier molecular flexibility index (Phi) is 18.4. The molecule has 1 unspecified atom stereocenters. The molecule has 7 rings (SSSR count). The molecule has 4 aromatic carbocycles. The summed E-state index contributed by atoms with van der Waals surface area (Å²) >= 11 is 0. The van der Waals surface area contributed by atoms with Crippen molar-refractivity contribution < 1.29 is 37.6 Å². The largest absolute Gasteiger partial charge is 0.497 e. The molecule has 1 aliphatic rings. The van der Waals surface area contributed by atoms with Crippen LogP contribution in [-0.4, -0.2) is 87.6 Å². The van der Waals surface area contributed by atoms with Crippen LogP contribution in [0.5, 0.6) is 11.5 Å². The summed E-state index contributed by atoms with van der Waals surface area (Å²) in [6, 6.07) is 35.4. The summed E-state index contributed by atoms with van der Waals surface area (Å²) < 4.78 is 43.2. The van der Waals surface area contributed by atoms with Gasteiger partial charge in [0.15, 0.2) is 17.0 Å². The van der Waals surface area contributed by atoms with Crippen molar-refractivity contribution in [2.75, 3.05) is 32.8 Å². The normalized spacial score (nSPS) is 16.5.